The zero-order chi connectivity index (χ0) is 10.6. The molecule has 1 heterocycles. The monoisotopic (exact) mass is 391 g/mol. The van der Waals surface area contributed by atoms with Crippen LogP contribution in [0.2, 0.25) is 0 Å². The molecule has 0 atom stereocenters. The van der Waals surface area contributed by atoms with Crippen LogP contribution in [0.5, 0.6) is 0 Å². The summed E-state index contributed by atoms with van der Waals surface area (Å²) in [6.07, 6.45) is 0.703. The summed E-state index contributed by atoms with van der Waals surface area (Å²) in [6.45, 7) is 0. The normalized spacial score (nSPS) is 15.9. The summed E-state index contributed by atoms with van der Waals surface area (Å²) in [7, 11) is 0. The van der Waals surface area contributed by atoms with E-state index < -0.39 is 20.1 Å². The quantitative estimate of drug-likeness (QED) is 0.174. The van der Waals surface area contributed by atoms with Gasteiger partial charge in [0.25, 0.3) is 0 Å². The smallest absolute Gasteiger partial charge is 0.286 e. The second-order valence-electron chi connectivity index (χ2n) is 1.95. The van der Waals surface area contributed by atoms with Crippen LogP contribution in [0.4, 0.5) is 0 Å². The van der Waals surface area contributed by atoms with Crippen molar-refractivity contribution in [3.8, 4) is 0 Å². The molecule has 0 aliphatic carbocycles. The van der Waals surface area contributed by atoms with Gasteiger partial charge in [0, 0.05) is 12.8 Å². The SMILES string of the molecule is O=C1CCC(=O)N1Br.[Na+].[O-][I+3]([O-])([O-])[O-]. The number of carbonyl (C=O) groups is 2. The molecule has 0 aromatic rings. The molecular formula is C4H4BrINNaO6. The van der Waals surface area contributed by atoms with Gasteiger partial charge in [0.2, 0.25) is 11.8 Å². The van der Waals surface area contributed by atoms with Crippen LogP contribution in [0.1, 0.15) is 12.8 Å². The third-order valence-corrected chi connectivity index (χ3v) is 1.78. The van der Waals surface area contributed by atoms with Gasteiger partial charge >= 0.3 is 29.6 Å². The molecule has 0 spiro atoms. The van der Waals surface area contributed by atoms with Crippen LogP contribution in [0.15, 0.2) is 0 Å². The van der Waals surface area contributed by atoms with Crippen molar-refractivity contribution in [1.29, 1.82) is 0 Å². The van der Waals surface area contributed by atoms with Crippen LogP contribution in [-0.2, 0) is 9.59 Å². The van der Waals surface area contributed by atoms with E-state index >= 15 is 0 Å². The maximum absolute atomic E-state index is 10.4. The second-order valence-corrected chi connectivity index (χ2v) is 4.81. The number of amides is 2. The molecule has 1 saturated heterocycles. The number of nitrogens with zero attached hydrogens (tertiary/aromatic N) is 1. The van der Waals surface area contributed by atoms with Gasteiger partial charge in [0.15, 0.2) is 0 Å². The van der Waals surface area contributed by atoms with E-state index in [1.807, 2.05) is 0 Å². The predicted molar refractivity (Wildman–Crippen MR) is 30.0 cm³/mol. The zero-order valence-corrected chi connectivity index (χ0v) is 12.8. The molecular weight excluding hydrogens is 388 g/mol. The van der Waals surface area contributed by atoms with Crippen LogP contribution in [-0.4, -0.2) is 15.7 Å². The van der Waals surface area contributed by atoms with E-state index in [9.17, 15) is 9.59 Å². The number of hydrogen-bond donors (Lipinski definition) is 0. The Bertz CT molecular complexity index is 198. The number of carbonyl (C=O) groups excluding carboxylic acids is 2. The van der Waals surface area contributed by atoms with Gasteiger partial charge in [-0.1, -0.05) is 0 Å². The molecule has 0 radical (unpaired) electrons. The third-order valence-electron chi connectivity index (χ3n) is 0.991. The molecule has 0 aromatic carbocycles. The molecule has 1 rings (SSSR count). The van der Waals surface area contributed by atoms with Crippen molar-refractivity contribution in [2.45, 2.75) is 12.8 Å². The molecule has 2 amide bonds. The molecule has 1 aliphatic rings. The van der Waals surface area contributed by atoms with Gasteiger partial charge in [-0.15, -0.1) is 0 Å². The molecule has 14 heavy (non-hydrogen) atoms. The van der Waals surface area contributed by atoms with Gasteiger partial charge in [0.1, 0.15) is 20.1 Å². The zero-order valence-electron chi connectivity index (χ0n) is 7.07. The van der Waals surface area contributed by atoms with Crippen molar-refractivity contribution in [2.75, 3.05) is 0 Å². The van der Waals surface area contributed by atoms with E-state index in [4.69, 9.17) is 13.7 Å². The summed E-state index contributed by atoms with van der Waals surface area (Å²) in [5.74, 6) is -0.287. The summed E-state index contributed by atoms with van der Waals surface area (Å²) in [5.41, 5.74) is 0. The molecule has 1 aliphatic heterocycles. The first-order valence-electron chi connectivity index (χ1n) is 2.85. The van der Waals surface area contributed by atoms with Gasteiger partial charge in [-0.05, 0) is 0 Å². The molecule has 1 fully saturated rings. The first-order chi connectivity index (χ1) is 5.72. The largest absolute Gasteiger partial charge is 1.00 e. The standard InChI is InChI=1S/C4H4BrNO2.IO4.Na/c5-6-3(7)1-2-4(6)8;2-1(3,4)5;/h1-2H2;;/q;-1;+1. The Balaban J connectivity index is 0. The number of hydrogen-bond acceptors (Lipinski definition) is 6. The molecule has 0 N–H and O–H groups in total. The molecule has 0 saturated carbocycles. The topological polar surface area (TPSA) is 130 Å². The Morgan fingerprint density at radius 3 is 1.36 bits per heavy atom. The molecule has 0 bridgehead atoms. The van der Waals surface area contributed by atoms with E-state index in [0.717, 1.165) is 3.93 Å². The average molecular weight is 392 g/mol. The Labute approximate surface area is 116 Å². The third kappa shape index (κ3) is 9.73. The van der Waals surface area contributed by atoms with Crippen LogP contribution >= 0.6 is 16.1 Å². The van der Waals surface area contributed by atoms with Crippen molar-refractivity contribution >= 4 is 28.0 Å². The van der Waals surface area contributed by atoms with Crippen LogP contribution in [0.25, 0.3) is 0 Å². The van der Waals surface area contributed by atoms with E-state index in [2.05, 4.69) is 16.1 Å². The Hall–Kier alpha value is 1.19. The van der Waals surface area contributed by atoms with E-state index in [1.165, 1.54) is 0 Å². The average Bonchev–Trinajstić information content (AvgIpc) is 2.16. The second kappa shape index (κ2) is 7.46. The minimum Gasteiger partial charge on any atom is -0.286 e. The Morgan fingerprint density at radius 2 is 1.29 bits per heavy atom. The summed E-state index contributed by atoms with van der Waals surface area (Å²) in [4.78, 5) is 20.9. The maximum Gasteiger partial charge on any atom is 1.00 e. The molecule has 7 nitrogen and oxygen atoms in total. The Kier molecular flexibility index (Phi) is 9.37. The fourth-order valence-corrected chi connectivity index (χ4v) is 0.904. The summed E-state index contributed by atoms with van der Waals surface area (Å²) >= 11 is -3.14. The molecule has 0 aromatic heterocycles. The van der Waals surface area contributed by atoms with Crippen LogP contribution in [0, 0.1) is 0 Å². The minimum atomic E-state index is -5.94. The van der Waals surface area contributed by atoms with E-state index in [0.29, 0.717) is 12.8 Å². The van der Waals surface area contributed by atoms with Crippen molar-refractivity contribution in [3.05, 3.63) is 0 Å². The van der Waals surface area contributed by atoms with Gasteiger partial charge in [-0.2, -0.15) is 0 Å². The molecule has 0 unspecified atom stereocenters. The fourth-order valence-electron chi connectivity index (χ4n) is 0.549. The first-order valence-corrected chi connectivity index (χ1v) is 7.08. The molecule has 10 heteroatoms. The van der Waals surface area contributed by atoms with E-state index in [-0.39, 0.29) is 41.4 Å². The number of halogens is 2. The van der Waals surface area contributed by atoms with Gasteiger partial charge < -0.3 is 0 Å². The van der Waals surface area contributed by atoms with Crippen molar-refractivity contribution in [3.63, 3.8) is 0 Å². The van der Waals surface area contributed by atoms with Crippen molar-refractivity contribution in [2.24, 2.45) is 0 Å². The Morgan fingerprint density at radius 1 is 1.07 bits per heavy atom. The predicted octanol–water partition coefficient (Wildman–Crippen LogP) is -10.3. The minimum absolute atomic E-state index is 0. The van der Waals surface area contributed by atoms with Crippen LogP contribution < -0.4 is 63.4 Å². The summed E-state index contributed by atoms with van der Waals surface area (Å²) < 4.78 is 35.4. The van der Waals surface area contributed by atoms with Crippen molar-refractivity contribution in [1.82, 2.24) is 3.93 Å². The van der Waals surface area contributed by atoms with Gasteiger partial charge in [0.05, 0.1) is 16.1 Å². The first kappa shape index (κ1) is 17.6. The van der Waals surface area contributed by atoms with Gasteiger partial charge in [-0.25, -0.2) is 3.93 Å². The number of imide groups is 1. The fraction of sp³-hybridized carbons (Fsp3) is 0.500. The summed E-state index contributed by atoms with van der Waals surface area (Å²) in [5, 5.41) is 0. The maximum atomic E-state index is 10.4. The number of rotatable bonds is 0. The molecule has 76 valence electrons. The summed E-state index contributed by atoms with van der Waals surface area (Å²) in [6, 6.07) is 0. The van der Waals surface area contributed by atoms with Gasteiger partial charge in [-0.3, -0.25) is 23.3 Å². The van der Waals surface area contributed by atoms with Crippen molar-refractivity contribution < 1.29 is 73.0 Å². The van der Waals surface area contributed by atoms with E-state index in [1.54, 1.807) is 0 Å². The van der Waals surface area contributed by atoms with Crippen LogP contribution in [0.3, 0.4) is 0 Å².